The number of benzene rings is 4. The number of imidazole rings is 2. The van der Waals surface area contributed by atoms with E-state index in [0.717, 1.165) is 34.2 Å². The summed E-state index contributed by atoms with van der Waals surface area (Å²) in [5.41, 5.74) is 9.12. The highest BCUT2D eigenvalue weighted by Crippen LogP contribution is 2.31. The van der Waals surface area contributed by atoms with Crippen LogP contribution in [0.4, 0.5) is 0 Å². The Hall–Kier alpha value is -4.08. The Kier molecular flexibility index (Phi) is 10.9. The van der Waals surface area contributed by atoms with Crippen LogP contribution in [0.3, 0.4) is 0 Å². The fourth-order valence-corrected chi connectivity index (χ4v) is 7.30. The van der Waals surface area contributed by atoms with Crippen molar-refractivity contribution in [1.29, 1.82) is 0 Å². The van der Waals surface area contributed by atoms with Gasteiger partial charge in [-0.2, -0.15) is 0 Å². The van der Waals surface area contributed by atoms with Crippen molar-refractivity contribution in [3.05, 3.63) is 132 Å². The van der Waals surface area contributed by atoms with Gasteiger partial charge in [-0.1, -0.05) is 112 Å². The Labute approximate surface area is 293 Å². The van der Waals surface area contributed by atoms with Crippen LogP contribution in [-0.2, 0) is 0 Å². The number of aromatic nitrogens is 4. The highest BCUT2D eigenvalue weighted by Gasteiger charge is 2.21. The van der Waals surface area contributed by atoms with Crippen LogP contribution in [0, 0.1) is 25.7 Å². The lowest BCUT2D eigenvalue weighted by Gasteiger charge is -2.19. The SMILES string of the molecule is Cc1ccc(SNC(c2ncc(-c3ccc(-c4ccc(-c5cnc([C@@H](NSc6ccc(C)cc6)C(C)C)[nH]5)cc4)cc3)[nH]2)C(C)C)cc1. The van der Waals surface area contributed by atoms with Crippen molar-refractivity contribution >= 4 is 23.9 Å². The van der Waals surface area contributed by atoms with Crippen LogP contribution < -0.4 is 9.44 Å². The zero-order valence-corrected chi connectivity index (χ0v) is 30.0. The molecule has 6 rings (SSSR count). The van der Waals surface area contributed by atoms with Crippen LogP contribution >= 0.6 is 23.9 Å². The molecule has 6 aromatic rings. The topological polar surface area (TPSA) is 81.4 Å². The third kappa shape index (κ3) is 8.31. The molecular formula is C40H44N6S2. The van der Waals surface area contributed by atoms with Crippen LogP contribution in [0.25, 0.3) is 33.6 Å². The zero-order chi connectivity index (χ0) is 33.6. The van der Waals surface area contributed by atoms with Gasteiger partial charge in [0.1, 0.15) is 11.6 Å². The van der Waals surface area contributed by atoms with Gasteiger partial charge in [0.2, 0.25) is 0 Å². The van der Waals surface area contributed by atoms with Crippen LogP contribution in [-0.4, -0.2) is 19.9 Å². The molecule has 0 bridgehead atoms. The van der Waals surface area contributed by atoms with Crippen molar-refractivity contribution < 1.29 is 0 Å². The number of rotatable bonds is 13. The van der Waals surface area contributed by atoms with Crippen LogP contribution in [0.2, 0.25) is 0 Å². The van der Waals surface area contributed by atoms with E-state index in [2.05, 4.69) is 158 Å². The predicted molar refractivity (Wildman–Crippen MR) is 203 cm³/mol. The van der Waals surface area contributed by atoms with E-state index in [1.54, 1.807) is 23.9 Å². The minimum absolute atomic E-state index is 0.0962. The Morgan fingerprint density at radius 2 is 0.812 bits per heavy atom. The normalized spacial score (nSPS) is 12.9. The average Bonchev–Trinajstić information content (AvgIpc) is 3.78. The molecule has 0 saturated carbocycles. The number of nitrogens with zero attached hydrogens (tertiary/aromatic N) is 2. The number of nitrogens with one attached hydrogen (secondary N) is 4. The number of hydrogen-bond acceptors (Lipinski definition) is 6. The van der Waals surface area contributed by atoms with E-state index in [-0.39, 0.29) is 12.1 Å². The van der Waals surface area contributed by atoms with Crippen LogP contribution in [0.5, 0.6) is 0 Å². The molecule has 0 aliphatic heterocycles. The molecule has 0 aliphatic carbocycles. The lowest BCUT2D eigenvalue weighted by atomic mass is 10.0. The number of H-pyrrole nitrogens is 2. The lowest BCUT2D eigenvalue weighted by Crippen LogP contribution is -2.21. The second-order valence-corrected chi connectivity index (χ2v) is 14.9. The highest BCUT2D eigenvalue weighted by molar-refractivity contribution is 7.97. The first kappa shape index (κ1) is 33.8. The first-order chi connectivity index (χ1) is 23.2. The molecule has 0 amide bonds. The molecule has 2 atom stereocenters. The van der Waals surface area contributed by atoms with Gasteiger partial charge in [0.25, 0.3) is 0 Å². The van der Waals surface area contributed by atoms with E-state index < -0.39 is 0 Å². The van der Waals surface area contributed by atoms with Gasteiger partial charge < -0.3 is 9.97 Å². The van der Waals surface area contributed by atoms with E-state index in [1.807, 2.05) is 12.4 Å². The monoisotopic (exact) mass is 672 g/mol. The maximum absolute atomic E-state index is 4.76. The molecule has 4 N–H and O–H groups in total. The van der Waals surface area contributed by atoms with Crippen molar-refractivity contribution in [2.24, 2.45) is 11.8 Å². The summed E-state index contributed by atoms with van der Waals surface area (Å²) in [5, 5.41) is 0. The van der Waals surface area contributed by atoms with Gasteiger partial charge in [-0.3, -0.25) is 0 Å². The summed E-state index contributed by atoms with van der Waals surface area (Å²) in [5.74, 6) is 2.64. The highest BCUT2D eigenvalue weighted by atomic mass is 32.2. The maximum Gasteiger partial charge on any atom is 0.124 e. The Morgan fingerprint density at radius 1 is 0.479 bits per heavy atom. The quantitative estimate of drug-likeness (QED) is 0.0914. The summed E-state index contributed by atoms with van der Waals surface area (Å²) in [6, 6.07) is 34.7. The van der Waals surface area contributed by atoms with Gasteiger partial charge in [0.15, 0.2) is 0 Å². The smallest absolute Gasteiger partial charge is 0.124 e. The Balaban J connectivity index is 1.09. The first-order valence-electron chi connectivity index (χ1n) is 16.5. The summed E-state index contributed by atoms with van der Waals surface area (Å²) < 4.78 is 7.24. The molecule has 246 valence electrons. The molecule has 1 unspecified atom stereocenters. The van der Waals surface area contributed by atoms with Gasteiger partial charge in [0.05, 0.1) is 35.9 Å². The number of hydrogen-bond donors (Lipinski definition) is 4. The average molecular weight is 673 g/mol. The second-order valence-electron chi connectivity index (χ2n) is 13.0. The Bertz CT molecular complexity index is 1750. The van der Waals surface area contributed by atoms with Crippen molar-refractivity contribution in [3.63, 3.8) is 0 Å². The van der Waals surface area contributed by atoms with E-state index in [4.69, 9.17) is 9.97 Å². The minimum atomic E-state index is 0.0962. The third-order valence-corrected chi connectivity index (χ3v) is 10.2. The maximum atomic E-state index is 4.76. The molecule has 0 radical (unpaired) electrons. The largest absolute Gasteiger partial charge is 0.341 e. The third-order valence-electron chi connectivity index (χ3n) is 8.49. The first-order valence-corrected chi connectivity index (χ1v) is 18.2. The molecule has 0 spiro atoms. The van der Waals surface area contributed by atoms with Gasteiger partial charge in [-0.25, -0.2) is 19.4 Å². The molecule has 0 aliphatic rings. The van der Waals surface area contributed by atoms with Gasteiger partial charge in [-0.05, 0) is 96.1 Å². The van der Waals surface area contributed by atoms with E-state index >= 15 is 0 Å². The second kappa shape index (κ2) is 15.4. The van der Waals surface area contributed by atoms with Crippen molar-refractivity contribution in [1.82, 2.24) is 29.4 Å². The molecule has 8 heteroatoms. The van der Waals surface area contributed by atoms with E-state index in [9.17, 15) is 0 Å². The molecule has 2 heterocycles. The predicted octanol–water partition coefficient (Wildman–Crippen LogP) is 10.7. The molecule has 48 heavy (non-hydrogen) atoms. The van der Waals surface area contributed by atoms with Gasteiger partial charge in [-0.15, -0.1) is 0 Å². The summed E-state index contributed by atoms with van der Waals surface area (Å²) >= 11 is 3.30. The summed E-state index contributed by atoms with van der Waals surface area (Å²) in [6.45, 7) is 13.1. The van der Waals surface area contributed by atoms with E-state index in [1.165, 1.54) is 32.0 Å². The van der Waals surface area contributed by atoms with E-state index in [0.29, 0.717) is 11.8 Å². The number of aryl methyl sites for hydroxylation is 2. The summed E-state index contributed by atoms with van der Waals surface area (Å²) in [7, 11) is 0. The van der Waals surface area contributed by atoms with Crippen molar-refractivity contribution in [2.75, 3.05) is 0 Å². The lowest BCUT2D eigenvalue weighted by molar-refractivity contribution is 0.467. The fourth-order valence-electron chi connectivity index (χ4n) is 5.46. The van der Waals surface area contributed by atoms with Crippen LogP contribution in [0.15, 0.2) is 119 Å². The van der Waals surface area contributed by atoms with Crippen molar-refractivity contribution in [3.8, 4) is 33.6 Å². The molecule has 2 aromatic heterocycles. The zero-order valence-electron chi connectivity index (χ0n) is 28.4. The van der Waals surface area contributed by atoms with Gasteiger partial charge >= 0.3 is 0 Å². The molecule has 0 saturated heterocycles. The van der Waals surface area contributed by atoms with Crippen molar-refractivity contribution in [2.45, 2.75) is 63.4 Å². The summed E-state index contributed by atoms with van der Waals surface area (Å²) in [6.07, 6.45) is 3.87. The number of aromatic amines is 2. The minimum Gasteiger partial charge on any atom is -0.341 e. The fraction of sp³-hybridized carbons (Fsp3) is 0.250. The molecule has 0 fully saturated rings. The molecule has 6 nitrogen and oxygen atoms in total. The van der Waals surface area contributed by atoms with Crippen LogP contribution in [0.1, 0.15) is 62.6 Å². The Morgan fingerprint density at radius 3 is 1.15 bits per heavy atom. The molecular weight excluding hydrogens is 629 g/mol. The summed E-state index contributed by atoms with van der Waals surface area (Å²) in [4.78, 5) is 19.1. The van der Waals surface area contributed by atoms with Gasteiger partial charge in [0, 0.05) is 9.79 Å². The molecule has 4 aromatic carbocycles. The standard InChI is InChI=1S/C40H44N6S2/c1-25(2)37(45-47-33-19-7-27(5)8-20-33)39-41-23-35(43-39)31-15-11-29(12-16-31)30-13-17-32(18-14-30)36-24-42-40(44-36)38(26(3)4)46-48-34-21-9-28(6)10-22-34/h7-26,37-38,45-46H,1-6H3,(H,41,43)(H,42,44)/t37-,38?/m0/s1.